The highest BCUT2D eigenvalue weighted by Gasteiger charge is 2.20. The molecule has 0 amide bonds. The number of halogens is 1. The van der Waals surface area contributed by atoms with Crippen molar-refractivity contribution in [2.45, 2.75) is 30.7 Å². The Morgan fingerprint density at radius 2 is 2.00 bits per heavy atom. The molecule has 0 unspecified atom stereocenters. The summed E-state index contributed by atoms with van der Waals surface area (Å²) in [5.74, 6) is 1.71. The monoisotopic (exact) mass is 559 g/mol. The van der Waals surface area contributed by atoms with E-state index in [2.05, 4.69) is 35.2 Å². The van der Waals surface area contributed by atoms with E-state index in [1.54, 1.807) is 12.3 Å². The van der Waals surface area contributed by atoms with E-state index >= 15 is 0 Å². The van der Waals surface area contributed by atoms with Crippen LogP contribution in [-0.2, 0) is 10.0 Å². The molecule has 1 saturated heterocycles. The van der Waals surface area contributed by atoms with Gasteiger partial charge in [0.2, 0.25) is 10.0 Å². The molecule has 3 N–H and O–H groups in total. The summed E-state index contributed by atoms with van der Waals surface area (Å²) in [6.45, 7) is 5.15. The number of guanidine groups is 1. The number of anilines is 1. The van der Waals surface area contributed by atoms with Crippen LogP contribution in [0.15, 0.2) is 58.8 Å². The van der Waals surface area contributed by atoms with Crippen molar-refractivity contribution in [1.82, 2.24) is 25.3 Å². The lowest BCUT2D eigenvalue weighted by Gasteiger charge is -2.33. The zero-order valence-corrected chi connectivity index (χ0v) is 20.7. The van der Waals surface area contributed by atoms with Gasteiger partial charge in [-0.05, 0) is 44.0 Å². The fraction of sp³-hybridized carbons (Fsp3) is 0.450. The van der Waals surface area contributed by atoms with Crippen molar-refractivity contribution < 1.29 is 8.42 Å². The molecule has 1 aliphatic rings. The van der Waals surface area contributed by atoms with Gasteiger partial charge in [-0.3, -0.25) is 9.98 Å². The van der Waals surface area contributed by atoms with Crippen LogP contribution in [0.4, 0.5) is 5.82 Å². The molecule has 0 spiro atoms. The fourth-order valence-corrected chi connectivity index (χ4v) is 4.23. The Balaban J connectivity index is 0.00000341. The van der Waals surface area contributed by atoms with Crippen molar-refractivity contribution in [3.63, 3.8) is 0 Å². The second-order valence-electron chi connectivity index (χ2n) is 6.94. The molecule has 170 valence electrons. The minimum Gasteiger partial charge on any atom is -0.357 e. The summed E-state index contributed by atoms with van der Waals surface area (Å²) in [6, 6.07) is 9.39. The number of hydrogen-bond donors (Lipinski definition) is 3. The number of sulfonamides is 1. The fourth-order valence-electron chi connectivity index (χ4n) is 3.24. The van der Waals surface area contributed by atoms with E-state index in [1.807, 2.05) is 31.3 Å². The molecule has 2 aromatic heterocycles. The zero-order chi connectivity index (χ0) is 21.2. The third-order valence-corrected chi connectivity index (χ3v) is 6.22. The van der Waals surface area contributed by atoms with Crippen LogP contribution in [0.5, 0.6) is 0 Å². The lowest BCUT2D eigenvalue weighted by Crippen LogP contribution is -2.49. The minimum absolute atomic E-state index is 0. The molecule has 0 aliphatic carbocycles. The average Bonchev–Trinajstić information content (AvgIpc) is 2.78. The Labute approximate surface area is 201 Å². The molecule has 11 heteroatoms. The van der Waals surface area contributed by atoms with Crippen molar-refractivity contribution >= 4 is 45.8 Å². The van der Waals surface area contributed by atoms with Crippen molar-refractivity contribution in [3.05, 3.63) is 48.9 Å². The first-order chi connectivity index (χ1) is 14.6. The molecule has 0 radical (unpaired) electrons. The van der Waals surface area contributed by atoms with Crippen LogP contribution >= 0.6 is 24.0 Å². The molecule has 2 aromatic rings. The quantitative estimate of drug-likeness (QED) is 0.195. The van der Waals surface area contributed by atoms with E-state index < -0.39 is 10.0 Å². The van der Waals surface area contributed by atoms with Gasteiger partial charge in [-0.2, -0.15) is 0 Å². The summed E-state index contributed by atoms with van der Waals surface area (Å²) >= 11 is 0. The number of aromatic nitrogens is 2. The predicted molar refractivity (Wildman–Crippen MR) is 133 cm³/mol. The first-order valence-corrected chi connectivity index (χ1v) is 11.7. The summed E-state index contributed by atoms with van der Waals surface area (Å²) < 4.78 is 27.0. The summed E-state index contributed by atoms with van der Waals surface area (Å²) in [5, 5.41) is 6.69. The third kappa shape index (κ3) is 7.89. The molecule has 1 aliphatic heterocycles. The molecule has 9 nitrogen and oxygen atoms in total. The van der Waals surface area contributed by atoms with Gasteiger partial charge >= 0.3 is 0 Å². The highest BCUT2D eigenvalue weighted by Crippen LogP contribution is 2.17. The average molecular weight is 559 g/mol. The largest absolute Gasteiger partial charge is 0.357 e. The third-order valence-electron chi connectivity index (χ3n) is 4.77. The van der Waals surface area contributed by atoms with Crippen molar-refractivity contribution in [3.8, 4) is 0 Å². The van der Waals surface area contributed by atoms with Crippen molar-refractivity contribution in [1.29, 1.82) is 0 Å². The van der Waals surface area contributed by atoms with E-state index in [-0.39, 0.29) is 35.4 Å². The molecule has 31 heavy (non-hydrogen) atoms. The molecule has 0 atom stereocenters. The Hall–Kier alpha value is -1.99. The van der Waals surface area contributed by atoms with Crippen molar-refractivity contribution in [2.24, 2.45) is 4.99 Å². The first kappa shape index (κ1) is 25.3. The summed E-state index contributed by atoms with van der Waals surface area (Å²) in [7, 11) is -3.56. The van der Waals surface area contributed by atoms with Gasteiger partial charge < -0.3 is 15.5 Å². The number of piperidine rings is 1. The van der Waals surface area contributed by atoms with E-state index in [0.29, 0.717) is 18.5 Å². The Bertz CT molecular complexity index is 906. The maximum Gasteiger partial charge on any atom is 0.242 e. The molecule has 0 bridgehead atoms. The maximum absolute atomic E-state index is 12.2. The van der Waals surface area contributed by atoms with Crippen LogP contribution in [0.1, 0.15) is 19.8 Å². The highest BCUT2D eigenvalue weighted by atomic mass is 127. The maximum atomic E-state index is 12.2. The SMILES string of the molecule is CCNC(=NCCNS(=O)(=O)c1cccnc1)NC1CCN(c2ccccn2)CC1.I. The predicted octanol–water partition coefficient (Wildman–Crippen LogP) is 1.60. The molecular weight excluding hydrogens is 529 g/mol. The van der Waals surface area contributed by atoms with Gasteiger partial charge in [0.05, 0.1) is 6.54 Å². The first-order valence-electron chi connectivity index (χ1n) is 10.2. The Kier molecular flexibility index (Phi) is 10.4. The highest BCUT2D eigenvalue weighted by molar-refractivity contribution is 14.0. The van der Waals surface area contributed by atoms with E-state index in [1.165, 1.54) is 12.3 Å². The van der Waals surface area contributed by atoms with Crippen LogP contribution in [-0.4, -0.2) is 63.1 Å². The standard InChI is InChI=1S/C20H29N7O2S.HI/c1-2-22-20(24-12-13-25-30(28,29)18-6-5-10-21-16-18)26-17-8-14-27(15-9-17)19-7-3-4-11-23-19;/h3-7,10-11,16-17,25H,2,8-9,12-15H2,1H3,(H2,22,24,26);1H. The van der Waals surface area contributed by atoms with Gasteiger partial charge in [0.25, 0.3) is 0 Å². The van der Waals surface area contributed by atoms with E-state index in [4.69, 9.17) is 0 Å². The van der Waals surface area contributed by atoms with Crippen LogP contribution in [0, 0.1) is 0 Å². The number of aliphatic imine (C=N–C) groups is 1. The van der Waals surface area contributed by atoms with Gasteiger partial charge in [-0.1, -0.05) is 6.07 Å². The molecule has 3 heterocycles. The van der Waals surface area contributed by atoms with Gasteiger partial charge in [-0.15, -0.1) is 24.0 Å². The van der Waals surface area contributed by atoms with Gasteiger partial charge in [0, 0.05) is 50.8 Å². The lowest BCUT2D eigenvalue weighted by atomic mass is 10.1. The van der Waals surface area contributed by atoms with Gasteiger partial charge in [0.1, 0.15) is 10.7 Å². The van der Waals surface area contributed by atoms with Gasteiger partial charge in [0.15, 0.2) is 5.96 Å². The van der Waals surface area contributed by atoms with Crippen LogP contribution in [0.3, 0.4) is 0 Å². The summed E-state index contributed by atoms with van der Waals surface area (Å²) in [5.41, 5.74) is 0. The molecule has 0 aromatic carbocycles. The van der Waals surface area contributed by atoms with E-state index in [0.717, 1.165) is 38.3 Å². The second kappa shape index (κ2) is 12.8. The number of nitrogens with zero attached hydrogens (tertiary/aromatic N) is 4. The van der Waals surface area contributed by atoms with Crippen molar-refractivity contribution in [2.75, 3.05) is 37.6 Å². The second-order valence-corrected chi connectivity index (χ2v) is 8.71. The summed E-state index contributed by atoms with van der Waals surface area (Å²) in [4.78, 5) is 15.2. The number of hydrogen-bond acceptors (Lipinski definition) is 6. The Morgan fingerprint density at radius 1 is 1.19 bits per heavy atom. The van der Waals surface area contributed by atoms with Gasteiger partial charge in [-0.25, -0.2) is 18.1 Å². The molecule has 1 fully saturated rings. The molecular formula is C20H30IN7O2S. The smallest absolute Gasteiger partial charge is 0.242 e. The topological polar surface area (TPSA) is 112 Å². The van der Waals surface area contributed by atoms with E-state index in [9.17, 15) is 8.42 Å². The zero-order valence-electron chi connectivity index (χ0n) is 17.6. The minimum atomic E-state index is -3.56. The molecule has 0 saturated carbocycles. The molecule has 3 rings (SSSR count). The van der Waals surface area contributed by atoms with Crippen LogP contribution < -0.4 is 20.3 Å². The summed E-state index contributed by atoms with van der Waals surface area (Å²) in [6.07, 6.45) is 6.65. The normalized spacial score (nSPS) is 15.3. The van der Waals surface area contributed by atoms with Crippen LogP contribution in [0.25, 0.3) is 0 Å². The number of rotatable bonds is 8. The lowest BCUT2D eigenvalue weighted by molar-refractivity contribution is 0.459. The number of nitrogens with one attached hydrogen (secondary N) is 3. The Morgan fingerprint density at radius 3 is 2.65 bits per heavy atom. The number of pyridine rings is 2. The van der Waals surface area contributed by atoms with Crippen LogP contribution in [0.2, 0.25) is 0 Å².